The molecule has 0 heterocycles. The molecule has 6 N–H and O–H groups in total. The number of aliphatic imine (C=N–C) groups is 1. The Morgan fingerprint density at radius 3 is 2.29 bits per heavy atom. The molecule has 1 aromatic rings. The van der Waals surface area contributed by atoms with E-state index in [0.717, 1.165) is 5.56 Å². The van der Waals surface area contributed by atoms with Crippen molar-refractivity contribution in [3.8, 4) is 0 Å². The van der Waals surface area contributed by atoms with Crippen molar-refractivity contribution in [2.24, 2.45) is 16.5 Å². The van der Waals surface area contributed by atoms with E-state index < -0.39 is 17.4 Å². The normalized spacial score (nSPS) is 13.0. The molecule has 21 heavy (non-hydrogen) atoms. The average Bonchev–Trinajstić information content (AvgIpc) is 2.45. The van der Waals surface area contributed by atoms with Crippen LogP contribution in [-0.4, -0.2) is 28.5 Å². The SMILES string of the molecule is CC[C@@](C)(NC(=O)c1ccc(CN=C(N)N)cc1)C(=O)O. The first-order valence-electron chi connectivity index (χ1n) is 6.48. The molecule has 0 bridgehead atoms. The number of benzene rings is 1. The first-order chi connectivity index (χ1) is 9.78. The van der Waals surface area contributed by atoms with Gasteiger partial charge in [-0.1, -0.05) is 19.1 Å². The van der Waals surface area contributed by atoms with Gasteiger partial charge in [-0.15, -0.1) is 0 Å². The van der Waals surface area contributed by atoms with E-state index in [0.29, 0.717) is 12.1 Å². The first-order valence-corrected chi connectivity index (χ1v) is 6.48. The summed E-state index contributed by atoms with van der Waals surface area (Å²) in [5, 5.41) is 11.7. The maximum absolute atomic E-state index is 12.1. The molecule has 0 saturated carbocycles. The van der Waals surface area contributed by atoms with E-state index in [9.17, 15) is 9.59 Å². The monoisotopic (exact) mass is 292 g/mol. The van der Waals surface area contributed by atoms with Gasteiger partial charge in [-0.25, -0.2) is 9.79 Å². The molecule has 0 spiro atoms. The minimum Gasteiger partial charge on any atom is -0.480 e. The third-order valence-electron chi connectivity index (χ3n) is 3.23. The summed E-state index contributed by atoms with van der Waals surface area (Å²) in [7, 11) is 0. The number of nitrogens with one attached hydrogen (secondary N) is 1. The van der Waals surface area contributed by atoms with E-state index in [2.05, 4.69) is 10.3 Å². The van der Waals surface area contributed by atoms with E-state index in [1.807, 2.05) is 0 Å². The molecule has 0 aliphatic heterocycles. The van der Waals surface area contributed by atoms with E-state index >= 15 is 0 Å². The van der Waals surface area contributed by atoms with Crippen molar-refractivity contribution in [2.75, 3.05) is 0 Å². The van der Waals surface area contributed by atoms with Crippen molar-refractivity contribution in [3.05, 3.63) is 35.4 Å². The van der Waals surface area contributed by atoms with Crippen molar-refractivity contribution in [1.29, 1.82) is 0 Å². The Hall–Kier alpha value is -2.57. The van der Waals surface area contributed by atoms with E-state index in [-0.39, 0.29) is 12.4 Å². The summed E-state index contributed by atoms with van der Waals surface area (Å²) in [5.41, 5.74) is 10.4. The van der Waals surface area contributed by atoms with Crippen LogP contribution in [0.1, 0.15) is 36.2 Å². The first kappa shape index (κ1) is 16.5. The molecule has 1 amide bonds. The summed E-state index contributed by atoms with van der Waals surface area (Å²) in [6.07, 6.45) is 0.288. The number of nitrogens with two attached hydrogens (primary N) is 2. The quantitative estimate of drug-likeness (QED) is 0.446. The summed E-state index contributed by atoms with van der Waals surface area (Å²) >= 11 is 0. The van der Waals surface area contributed by atoms with Gasteiger partial charge in [0.25, 0.3) is 5.91 Å². The molecule has 0 saturated heterocycles. The van der Waals surface area contributed by atoms with Crippen molar-refractivity contribution in [1.82, 2.24) is 5.32 Å². The standard InChI is InChI=1S/C14H20N4O3/c1-3-14(2,12(20)21)18-11(19)10-6-4-9(5-7-10)8-17-13(15)16/h4-7H,3,8H2,1-2H3,(H,18,19)(H,20,21)(H4,15,16,17)/t14-/m1/s1. The highest BCUT2D eigenvalue weighted by Gasteiger charge is 2.32. The second-order valence-corrected chi connectivity index (χ2v) is 4.88. The Balaban J connectivity index is 2.80. The van der Waals surface area contributed by atoms with E-state index in [1.165, 1.54) is 6.92 Å². The van der Waals surface area contributed by atoms with Crippen LogP contribution in [0.5, 0.6) is 0 Å². The molecule has 1 rings (SSSR count). The number of carboxylic acids is 1. The van der Waals surface area contributed by atoms with Crippen LogP contribution >= 0.6 is 0 Å². The lowest BCUT2D eigenvalue weighted by Crippen LogP contribution is -2.51. The smallest absolute Gasteiger partial charge is 0.329 e. The van der Waals surface area contributed by atoms with Crippen molar-refractivity contribution in [2.45, 2.75) is 32.4 Å². The number of carbonyl (C=O) groups is 2. The zero-order valence-corrected chi connectivity index (χ0v) is 12.1. The van der Waals surface area contributed by atoms with Crippen LogP contribution < -0.4 is 16.8 Å². The Bertz CT molecular complexity index is 550. The number of carboxylic acid groups (broad SMARTS) is 1. The van der Waals surface area contributed by atoms with E-state index in [1.54, 1.807) is 31.2 Å². The highest BCUT2D eigenvalue weighted by molar-refractivity contribution is 5.97. The molecular weight excluding hydrogens is 272 g/mol. The zero-order chi connectivity index (χ0) is 16.0. The minimum absolute atomic E-state index is 0.00279. The van der Waals surface area contributed by atoms with Crippen molar-refractivity contribution < 1.29 is 14.7 Å². The zero-order valence-electron chi connectivity index (χ0n) is 12.1. The van der Waals surface area contributed by atoms with Gasteiger partial charge in [0.2, 0.25) is 0 Å². The summed E-state index contributed by atoms with van der Waals surface area (Å²) in [4.78, 5) is 27.1. The maximum Gasteiger partial charge on any atom is 0.329 e. The van der Waals surface area contributed by atoms with Gasteiger partial charge in [-0.2, -0.15) is 0 Å². The van der Waals surface area contributed by atoms with Gasteiger partial charge in [0.1, 0.15) is 5.54 Å². The number of hydrogen-bond donors (Lipinski definition) is 4. The minimum atomic E-state index is -1.28. The topological polar surface area (TPSA) is 131 Å². The third kappa shape index (κ3) is 4.48. The molecule has 114 valence electrons. The van der Waals surface area contributed by atoms with Crippen LogP contribution in [0, 0.1) is 0 Å². The molecule has 1 aromatic carbocycles. The molecular formula is C14H20N4O3. The summed E-state index contributed by atoms with van der Waals surface area (Å²) in [6.45, 7) is 3.50. The lowest BCUT2D eigenvalue weighted by atomic mass is 9.98. The number of amides is 1. The lowest BCUT2D eigenvalue weighted by Gasteiger charge is -2.24. The number of guanidine groups is 1. The number of nitrogens with zero attached hydrogens (tertiary/aromatic N) is 1. The summed E-state index contributed by atoms with van der Waals surface area (Å²) in [6, 6.07) is 6.63. The highest BCUT2D eigenvalue weighted by Crippen LogP contribution is 2.12. The van der Waals surface area contributed by atoms with E-state index in [4.69, 9.17) is 16.6 Å². The van der Waals surface area contributed by atoms with Gasteiger partial charge in [-0.3, -0.25) is 4.79 Å². The van der Waals surface area contributed by atoms with Crippen LogP contribution in [0.3, 0.4) is 0 Å². The van der Waals surface area contributed by atoms with Gasteiger partial charge in [-0.05, 0) is 31.0 Å². The fourth-order valence-corrected chi connectivity index (χ4v) is 1.56. The molecule has 0 radical (unpaired) electrons. The number of carbonyl (C=O) groups excluding carboxylic acids is 1. The Kier molecular flexibility index (Phi) is 5.29. The molecule has 0 fully saturated rings. The summed E-state index contributed by atoms with van der Waals surface area (Å²) < 4.78 is 0. The Morgan fingerprint density at radius 2 is 1.86 bits per heavy atom. The number of aliphatic carboxylic acids is 1. The van der Waals surface area contributed by atoms with Crippen LogP contribution in [0.4, 0.5) is 0 Å². The molecule has 7 heteroatoms. The number of rotatable bonds is 6. The molecule has 1 atom stereocenters. The molecule has 0 aromatic heterocycles. The maximum atomic E-state index is 12.1. The average molecular weight is 292 g/mol. The molecule has 7 nitrogen and oxygen atoms in total. The lowest BCUT2D eigenvalue weighted by molar-refractivity contribution is -0.143. The predicted octanol–water partition coefficient (Wildman–Crippen LogP) is 0.443. The van der Waals surface area contributed by atoms with Gasteiger partial charge < -0.3 is 21.9 Å². The van der Waals surface area contributed by atoms with Crippen LogP contribution in [0.2, 0.25) is 0 Å². The predicted molar refractivity (Wildman–Crippen MR) is 79.8 cm³/mol. The van der Waals surface area contributed by atoms with Gasteiger partial charge in [0.05, 0.1) is 6.54 Å². The fourth-order valence-electron chi connectivity index (χ4n) is 1.56. The van der Waals surface area contributed by atoms with Crippen molar-refractivity contribution in [3.63, 3.8) is 0 Å². The third-order valence-corrected chi connectivity index (χ3v) is 3.23. The number of hydrogen-bond acceptors (Lipinski definition) is 3. The Labute approximate surface area is 123 Å². The van der Waals surface area contributed by atoms with Crippen LogP contribution in [0.15, 0.2) is 29.3 Å². The second kappa shape index (κ2) is 6.74. The van der Waals surface area contributed by atoms with Gasteiger partial charge >= 0.3 is 5.97 Å². The van der Waals surface area contributed by atoms with Gasteiger partial charge in [0, 0.05) is 5.56 Å². The fraction of sp³-hybridized carbons (Fsp3) is 0.357. The molecule has 0 unspecified atom stereocenters. The largest absolute Gasteiger partial charge is 0.480 e. The summed E-state index contributed by atoms with van der Waals surface area (Å²) in [5.74, 6) is -1.50. The van der Waals surface area contributed by atoms with Crippen molar-refractivity contribution >= 4 is 17.8 Å². The van der Waals surface area contributed by atoms with Gasteiger partial charge in [0.15, 0.2) is 5.96 Å². The molecule has 0 aliphatic rings. The highest BCUT2D eigenvalue weighted by atomic mass is 16.4. The van der Waals surface area contributed by atoms with Crippen LogP contribution in [-0.2, 0) is 11.3 Å². The second-order valence-electron chi connectivity index (χ2n) is 4.88. The van der Waals surface area contributed by atoms with Crippen LogP contribution in [0.25, 0.3) is 0 Å². The Morgan fingerprint density at radius 1 is 1.29 bits per heavy atom. The molecule has 0 aliphatic carbocycles.